The van der Waals surface area contributed by atoms with Crippen LogP contribution in [0.1, 0.15) is 32.2 Å². The van der Waals surface area contributed by atoms with Crippen molar-refractivity contribution < 1.29 is 0 Å². The van der Waals surface area contributed by atoms with Crippen LogP contribution < -0.4 is 5.56 Å². The van der Waals surface area contributed by atoms with E-state index in [1.165, 1.54) is 0 Å². The van der Waals surface area contributed by atoms with Gasteiger partial charge in [0.1, 0.15) is 5.69 Å². The van der Waals surface area contributed by atoms with Gasteiger partial charge in [0.15, 0.2) is 0 Å². The highest BCUT2D eigenvalue weighted by Crippen LogP contribution is 2.34. The molecule has 3 aromatic heterocycles. The summed E-state index contributed by atoms with van der Waals surface area (Å²) in [5, 5.41) is 9.71. The van der Waals surface area contributed by atoms with Gasteiger partial charge in [0.25, 0.3) is 5.56 Å². The maximum atomic E-state index is 12.7. The Balaban J connectivity index is 1.59. The normalized spacial score (nSPS) is 15.5. The molecule has 31 heavy (non-hydrogen) atoms. The van der Waals surface area contributed by atoms with E-state index >= 15 is 0 Å². The molecule has 0 amide bonds. The number of nitrogens with zero attached hydrogens (tertiary/aromatic N) is 5. The molecule has 4 aromatic rings. The summed E-state index contributed by atoms with van der Waals surface area (Å²) < 4.78 is 3.60. The van der Waals surface area contributed by atoms with Gasteiger partial charge in [-0.1, -0.05) is 43.3 Å². The molecule has 0 N–H and O–H groups in total. The molecule has 0 radical (unpaired) electrons. The standard InChI is InChI=1S/C25H27N5O/c1-2-15-28-17-13-20(14-18-28)30-23(31)12-11-21(26-30)24-22-10-6-7-16-29(22)27-25(24)19-8-4-3-5-9-19/h3-12,16,20H,2,13-15,17-18H2,1H3. The topological polar surface area (TPSA) is 55.4 Å². The average molecular weight is 414 g/mol. The maximum absolute atomic E-state index is 12.7. The van der Waals surface area contributed by atoms with Gasteiger partial charge in [0, 0.05) is 30.9 Å². The molecule has 0 atom stereocenters. The third kappa shape index (κ3) is 3.79. The van der Waals surface area contributed by atoms with Crippen molar-refractivity contribution in [3.05, 3.63) is 77.2 Å². The number of pyridine rings is 1. The zero-order valence-corrected chi connectivity index (χ0v) is 17.8. The predicted octanol–water partition coefficient (Wildman–Crippen LogP) is 4.27. The van der Waals surface area contributed by atoms with Gasteiger partial charge in [-0.25, -0.2) is 9.20 Å². The summed E-state index contributed by atoms with van der Waals surface area (Å²) in [4.78, 5) is 15.2. The molecule has 1 aromatic carbocycles. The van der Waals surface area contributed by atoms with Crippen molar-refractivity contribution in [3.8, 4) is 22.5 Å². The van der Waals surface area contributed by atoms with Crippen LogP contribution in [0.15, 0.2) is 71.7 Å². The van der Waals surface area contributed by atoms with Crippen LogP contribution in [0.4, 0.5) is 0 Å². The van der Waals surface area contributed by atoms with Crippen molar-refractivity contribution in [3.63, 3.8) is 0 Å². The summed E-state index contributed by atoms with van der Waals surface area (Å²) in [5.41, 5.74) is 4.61. The van der Waals surface area contributed by atoms with E-state index in [2.05, 4.69) is 30.0 Å². The highest BCUT2D eigenvalue weighted by atomic mass is 16.1. The molecule has 4 heterocycles. The van der Waals surface area contributed by atoms with Crippen LogP contribution in [-0.4, -0.2) is 43.9 Å². The second kappa shape index (κ2) is 8.47. The van der Waals surface area contributed by atoms with Crippen molar-refractivity contribution in [2.45, 2.75) is 32.2 Å². The van der Waals surface area contributed by atoms with Crippen LogP contribution in [-0.2, 0) is 0 Å². The summed E-state index contributed by atoms with van der Waals surface area (Å²) in [5.74, 6) is 0. The van der Waals surface area contributed by atoms with Crippen molar-refractivity contribution in [2.75, 3.05) is 19.6 Å². The number of likely N-dealkylation sites (tertiary alicyclic amines) is 1. The minimum Gasteiger partial charge on any atom is -0.303 e. The van der Waals surface area contributed by atoms with E-state index in [0.717, 1.165) is 66.9 Å². The van der Waals surface area contributed by atoms with Gasteiger partial charge in [-0.15, -0.1) is 0 Å². The number of hydrogen-bond donors (Lipinski definition) is 0. The highest BCUT2D eigenvalue weighted by molar-refractivity contribution is 5.90. The van der Waals surface area contributed by atoms with Gasteiger partial charge in [0.05, 0.1) is 22.8 Å². The van der Waals surface area contributed by atoms with Crippen LogP contribution >= 0.6 is 0 Å². The summed E-state index contributed by atoms with van der Waals surface area (Å²) in [6.07, 6.45) is 5.02. The van der Waals surface area contributed by atoms with Crippen molar-refractivity contribution >= 4 is 5.52 Å². The lowest BCUT2D eigenvalue weighted by Gasteiger charge is -2.32. The molecular formula is C25H27N5O. The van der Waals surface area contributed by atoms with Gasteiger partial charge >= 0.3 is 0 Å². The van der Waals surface area contributed by atoms with Crippen LogP contribution in [0.5, 0.6) is 0 Å². The Hall–Kier alpha value is -3.25. The Morgan fingerprint density at radius 1 is 0.935 bits per heavy atom. The molecule has 6 heteroatoms. The van der Waals surface area contributed by atoms with Gasteiger partial charge in [0.2, 0.25) is 0 Å². The van der Waals surface area contributed by atoms with Crippen molar-refractivity contribution in [1.82, 2.24) is 24.3 Å². The van der Waals surface area contributed by atoms with Gasteiger partial charge in [-0.2, -0.15) is 10.2 Å². The maximum Gasteiger partial charge on any atom is 0.267 e. The highest BCUT2D eigenvalue weighted by Gasteiger charge is 2.23. The van der Waals surface area contributed by atoms with E-state index in [9.17, 15) is 4.79 Å². The minimum absolute atomic E-state index is 0.0320. The molecule has 0 bridgehead atoms. The summed E-state index contributed by atoms with van der Waals surface area (Å²) >= 11 is 0. The lowest BCUT2D eigenvalue weighted by molar-refractivity contribution is 0.177. The van der Waals surface area contributed by atoms with E-state index in [4.69, 9.17) is 10.2 Å². The molecule has 1 aliphatic heterocycles. The molecule has 0 aliphatic carbocycles. The number of hydrogen-bond acceptors (Lipinski definition) is 4. The number of benzene rings is 1. The molecule has 0 spiro atoms. The fourth-order valence-corrected chi connectivity index (χ4v) is 4.57. The minimum atomic E-state index is -0.0320. The van der Waals surface area contributed by atoms with E-state index in [1.807, 2.05) is 47.1 Å². The third-order valence-corrected chi connectivity index (χ3v) is 6.11. The van der Waals surface area contributed by atoms with E-state index in [0.29, 0.717) is 0 Å². The molecule has 5 rings (SSSR count). The Kier molecular flexibility index (Phi) is 5.38. The van der Waals surface area contributed by atoms with Crippen LogP contribution in [0.3, 0.4) is 0 Å². The van der Waals surface area contributed by atoms with E-state index in [-0.39, 0.29) is 11.6 Å². The molecule has 1 aliphatic rings. The van der Waals surface area contributed by atoms with Crippen LogP contribution in [0.25, 0.3) is 28.0 Å². The van der Waals surface area contributed by atoms with Crippen molar-refractivity contribution in [1.29, 1.82) is 0 Å². The monoisotopic (exact) mass is 413 g/mol. The number of aromatic nitrogens is 4. The van der Waals surface area contributed by atoms with Crippen LogP contribution in [0, 0.1) is 0 Å². The number of fused-ring (bicyclic) bond motifs is 1. The van der Waals surface area contributed by atoms with E-state index in [1.54, 1.807) is 10.7 Å². The van der Waals surface area contributed by atoms with Gasteiger partial charge < -0.3 is 4.90 Å². The zero-order chi connectivity index (χ0) is 21.2. The molecular weight excluding hydrogens is 386 g/mol. The zero-order valence-electron chi connectivity index (χ0n) is 17.8. The van der Waals surface area contributed by atoms with E-state index < -0.39 is 0 Å². The van der Waals surface area contributed by atoms with Crippen LogP contribution in [0.2, 0.25) is 0 Å². The summed E-state index contributed by atoms with van der Waals surface area (Å²) in [6.45, 7) is 5.37. The fourth-order valence-electron chi connectivity index (χ4n) is 4.57. The number of rotatable bonds is 5. The quantitative estimate of drug-likeness (QED) is 0.490. The number of piperidine rings is 1. The molecule has 6 nitrogen and oxygen atoms in total. The smallest absolute Gasteiger partial charge is 0.267 e. The van der Waals surface area contributed by atoms with Crippen molar-refractivity contribution in [2.24, 2.45) is 0 Å². The molecule has 158 valence electrons. The first-order valence-electron chi connectivity index (χ1n) is 11.1. The molecule has 1 fully saturated rings. The second-order valence-electron chi connectivity index (χ2n) is 8.19. The van der Waals surface area contributed by atoms with Gasteiger partial charge in [-0.3, -0.25) is 4.79 Å². The van der Waals surface area contributed by atoms with Gasteiger partial charge in [-0.05, 0) is 44.0 Å². The summed E-state index contributed by atoms with van der Waals surface area (Å²) in [7, 11) is 0. The Morgan fingerprint density at radius 2 is 1.71 bits per heavy atom. The Labute approximate surface area is 181 Å². The average Bonchev–Trinajstić information content (AvgIpc) is 3.21. The third-order valence-electron chi connectivity index (χ3n) is 6.11. The lowest BCUT2D eigenvalue weighted by Crippen LogP contribution is -2.38. The molecule has 0 unspecified atom stereocenters. The molecule has 0 saturated carbocycles. The Morgan fingerprint density at radius 3 is 2.48 bits per heavy atom. The SMILES string of the molecule is CCCN1CCC(n2nc(-c3c(-c4ccccc4)nn4ccccc34)ccc2=O)CC1. The fraction of sp³-hybridized carbons (Fsp3) is 0.320. The molecule has 1 saturated heterocycles. The first kappa shape index (κ1) is 19.7. The predicted molar refractivity (Wildman–Crippen MR) is 123 cm³/mol. The first-order chi connectivity index (χ1) is 15.2. The Bertz CT molecular complexity index is 1240. The first-order valence-corrected chi connectivity index (χ1v) is 11.1. The largest absolute Gasteiger partial charge is 0.303 e. The second-order valence-corrected chi connectivity index (χ2v) is 8.19. The lowest BCUT2D eigenvalue weighted by atomic mass is 10.0. The summed E-state index contributed by atoms with van der Waals surface area (Å²) in [6, 6.07) is 19.8.